The van der Waals surface area contributed by atoms with Crippen LogP contribution < -0.4 is 0 Å². The Hall–Kier alpha value is -1.35. The molecule has 0 atom stereocenters. The monoisotopic (exact) mass is 207 g/mol. The van der Waals surface area contributed by atoms with Gasteiger partial charge >= 0.3 is 0 Å². The Kier molecular flexibility index (Phi) is 2.08. The van der Waals surface area contributed by atoms with Gasteiger partial charge in [-0.3, -0.25) is 0 Å². The summed E-state index contributed by atoms with van der Waals surface area (Å²) in [5.74, 6) is -0.258. The number of fused-ring (bicyclic) bond motifs is 1. The molecule has 2 rings (SSSR count). The lowest BCUT2D eigenvalue weighted by molar-refractivity contribution is 0.0712. The van der Waals surface area contributed by atoms with Crippen molar-refractivity contribution in [3.8, 4) is 0 Å². The van der Waals surface area contributed by atoms with E-state index in [4.69, 9.17) is 0 Å². The van der Waals surface area contributed by atoms with Gasteiger partial charge in [-0.15, -0.1) is 0 Å². The first-order valence-corrected chi connectivity index (χ1v) is 4.87. The first kappa shape index (κ1) is 10.2. The maximum absolute atomic E-state index is 13.0. The molecule has 1 aromatic carbocycles. The number of hydrogen-bond acceptors (Lipinski definition) is 1. The van der Waals surface area contributed by atoms with E-state index in [1.54, 1.807) is 19.9 Å². The third-order valence-corrected chi connectivity index (χ3v) is 2.63. The highest BCUT2D eigenvalue weighted by Crippen LogP contribution is 2.27. The molecule has 1 aromatic heterocycles. The van der Waals surface area contributed by atoms with Crippen LogP contribution in [0.2, 0.25) is 0 Å². The molecule has 0 saturated heterocycles. The van der Waals surface area contributed by atoms with Gasteiger partial charge in [-0.05, 0) is 38.1 Å². The van der Waals surface area contributed by atoms with Crippen LogP contribution >= 0.6 is 0 Å². The van der Waals surface area contributed by atoms with Crippen molar-refractivity contribution in [1.29, 1.82) is 0 Å². The van der Waals surface area contributed by atoms with Crippen molar-refractivity contribution in [3.63, 3.8) is 0 Å². The lowest BCUT2D eigenvalue weighted by atomic mass is 10.1. The molecule has 3 heteroatoms. The highest BCUT2D eigenvalue weighted by Gasteiger charge is 2.21. The van der Waals surface area contributed by atoms with Gasteiger partial charge in [0.1, 0.15) is 5.82 Å². The van der Waals surface area contributed by atoms with Crippen molar-refractivity contribution in [1.82, 2.24) is 4.57 Å². The zero-order chi connectivity index (χ0) is 11.2. The van der Waals surface area contributed by atoms with Gasteiger partial charge in [0.15, 0.2) is 0 Å². The van der Waals surface area contributed by atoms with Gasteiger partial charge in [0, 0.05) is 18.1 Å². The van der Waals surface area contributed by atoms with Crippen molar-refractivity contribution < 1.29 is 9.50 Å². The second-order valence-electron chi connectivity index (χ2n) is 4.35. The molecular weight excluding hydrogens is 193 g/mol. The van der Waals surface area contributed by atoms with Gasteiger partial charge in [0.25, 0.3) is 0 Å². The molecule has 0 aliphatic carbocycles. The van der Waals surface area contributed by atoms with Crippen molar-refractivity contribution in [2.24, 2.45) is 7.05 Å². The fourth-order valence-corrected chi connectivity index (χ4v) is 1.89. The van der Waals surface area contributed by atoms with Crippen molar-refractivity contribution >= 4 is 10.9 Å². The van der Waals surface area contributed by atoms with E-state index in [1.165, 1.54) is 12.1 Å². The quantitative estimate of drug-likeness (QED) is 0.763. The van der Waals surface area contributed by atoms with Crippen LogP contribution in [0, 0.1) is 5.82 Å². The molecule has 1 N–H and O–H groups in total. The summed E-state index contributed by atoms with van der Waals surface area (Å²) in [5.41, 5.74) is 0.666. The fraction of sp³-hybridized carbons (Fsp3) is 0.333. The summed E-state index contributed by atoms with van der Waals surface area (Å²) in [6, 6.07) is 6.51. The van der Waals surface area contributed by atoms with Crippen LogP contribution in [0.4, 0.5) is 4.39 Å². The fourth-order valence-electron chi connectivity index (χ4n) is 1.89. The van der Waals surface area contributed by atoms with Gasteiger partial charge < -0.3 is 9.67 Å². The number of benzene rings is 1. The molecule has 0 aliphatic rings. The van der Waals surface area contributed by atoms with Crippen LogP contribution in [0.15, 0.2) is 24.3 Å². The summed E-state index contributed by atoms with van der Waals surface area (Å²) in [7, 11) is 1.83. The van der Waals surface area contributed by atoms with Crippen LogP contribution in [0.5, 0.6) is 0 Å². The second-order valence-corrected chi connectivity index (χ2v) is 4.35. The number of aromatic nitrogens is 1. The third kappa shape index (κ3) is 1.63. The molecule has 0 saturated carbocycles. The smallest absolute Gasteiger partial charge is 0.125 e. The molecule has 0 aliphatic heterocycles. The van der Waals surface area contributed by atoms with Gasteiger partial charge in [0.2, 0.25) is 0 Å². The van der Waals surface area contributed by atoms with Gasteiger partial charge in [0.05, 0.1) is 11.1 Å². The summed E-state index contributed by atoms with van der Waals surface area (Å²) in [4.78, 5) is 0. The van der Waals surface area contributed by atoms with E-state index in [-0.39, 0.29) is 5.82 Å². The Morgan fingerprint density at radius 1 is 1.27 bits per heavy atom. The Bertz CT molecular complexity index is 508. The average Bonchev–Trinajstić information content (AvgIpc) is 2.43. The van der Waals surface area contributed by atoms with E-state index in [9.17, 15) is 9.50 Å². The predicted molar refractivity (Wildman–Crippen MR) is 58.1 cm³/mol. The molecule has 0 bridgehead atoms. The topological polar surface area (TPSA) is 25.2 Å². The minimum Gasteiger partial charge on any atom is -0.384 e. The zero-order valence-corrected chi connectivity index (χ0v) is 9.08. The number of aryl methyl sites for hydroxylation is 1. The van der Waals surface area contributed by atoms with E-state index in [2.05, 4.69) is 0 Å². The second kappa shape index (κ2) is 3.07. The van der Waals surface area contributed by atoms with Crippen LogP contribution in [-0.4, -0.2) is 9.67 Å². The number of rotatable bonds is 1. The Labute approximate surface area is 88.0 Å². The van der Waals surface area contributed by atoms with Crippen LogP contribution in [0.1, 0.15) is 19.5 Å². The van der Waals surface area contributed by atoms with Gasteiger partial charge in [-0.1, -0.05) is 0 Å². The van der Waals surface area contributed by atoms with Gasteiger partial charge in [-0.2, -0.15) is 0 Å². The van der Waals surface area contributed by atoms with Crippen LogP contribution in [0.3, 0.4) is 0 Å². The highest BCUT2D eigenvalue weighted by atomic mass is 19.1. The summed E-state index contributed by atoms with van der Waals surface area (Å²) in [6.07, 6.45) is 0. The molecule has 0 radical (unpaired) electrons. The normalized spacial score (nSPS) is 12.3. The highest BCUT2D eigenvalue weighted by molar-refractivity contribution is 5.81. The summed E-state index contributed by atoms with van der Waals surface area (Å²) in [6.45, 7) is 3.44. The Morgan fingerprint density at radius 2 is 1.93 bits per heavy atom. The molecule has 0 spiro atoms. The molecule has 0 amide bonds. The number of halogens is 1. The molecular formula is C12H14FNO. The summed E-state index contributed by atoms with van der Waals surface area (Å²) >= 11 is 0. The first-order valence-electron chi connectivity index (χ1n) is 4.87. The molecule has 0 fully saturated rings. The molecule has 1 heterocycles. The van der Waals surface area contributed by atoms with E-state index in [0.717, 1.165) is 16.6 Å². The van der Waals surface area contributed by atoms with Crippen LogP contribution in [-0.2, 0) is 12.6 Å². The lowest BCUT2D eigenvalue weighted by Crippen LogP contribution is -2.19. The maximum atomic E-state index is 13.0. The van der Waals surface area contributed by atoms with E-state index >= 15 is 0 Å². The summed E-state index contributed by atoms with van der Waals surface area (Å²) < 4.78 is 14.9. The van der Waals surface area contributed by atoms with Gasteiger partial charge in [-0.25, -0.2) is 4.39 Å². The minimum atomic E-state index is -0.912. The number of nitrogens with zero attached hydrogens (tertiary/aromatic N) is 1. The molecule has 2 aromatic rings. The molecule has 80 valence electrons. The standard InChI is InChI=1S/C12H14FNO/c1-12(2,15)11-6-8-4-5-9(13)7-10(8)14(11)3/h4-7,15H,1-3H3. The van der Waals surface area contributed by atoms with Crippen molar-refractivity contribution in [2.45, 2.75) is 19.4 Å². The minimum absolute atomic E-state index is 0.258. The number of hydrogen-bond donors (Lipinski definition) is 1. The first-order chi connectivity index (χ1) is 6.89. The maximum Gasteiger partial charge on any atom is 0.125 e. The zero-order valence-electron chi connectivity index (χ0n) is 9.08. The van der Waals surface area contributed by atoms with E-state index in [1.807, 2.05) is 17.7 Å². The molecule has 2 nitrogen and oxygen atoms in total. The third-order valence-electron chi connectivity index (χ3n) is 2.63. The van der Waals surface area contributed by atoms with Crippen molar-refractivity contribution in [2.75, 3.05) is 0 Å². The Balaban J connectivity index is 2.76. The predicted octanol–water partition coefficient (Wildman–Crippen LogP) is 2.54. The van der Waals surface area contributed by atoms with E-state index in [0.29, 0.717) is 0 Å². The number of aliphatic hydroxyl groups is 1. The summed E-state index contributed by atoms with van der Waals surface area (Å²) in [5, 5.41) is 10.9. The largest absolute Gasteiger partial charge is 0.384 e. The Morgan fingerprint density at radius 3 is 2.53 bits per heavy atom. The average molecular weight is 207 g/mol. The van der Waals surface area contributed by atoms with Crippen molar-refractivity contribution in [3.05, 3.63) is 35.8 Å². The SMILES string of the molecule is Cn1c(C(C)(C)O)cc2ccc(F)cc21. The lowest BCUT2D eigenvalue weighted by Gasteiger charge is -2.18. The molecule has 15 heavy (non-hydrogen) atoms. The van der Waals surface area contributed by atoms with E-state index < -0.39 is 5.60 Å². The molecule has 0 unspecified atom stereocenters. The van der Waals surface area contributed by atoms with Crippen LogP contribution in [0.25, 0.3) is 10.9 Å².